The second-order valence-electron chi connectivity index (χ2n) is 13.3. The fourth-order valence-electron chi connectivity index (χ4n) is 3.83. The molecule has 2 aromatic rings. The van der Waals surface area contributed by atoms with E-state index in [1.807, 2.05) is 6.07 Å². The van der Waals surface area contributed by atoms with Gasteiger partial charge in [-0.3, -0.25) is 0 Å². The van der Waals surface area contributed by atoms with E-state index in [0.29, 0.717) is 16.3 Å². The molecule has 0 aliphatic rings. The molecule has 0 aromatic heterocycles. The van der Waals surface area contributed by atoms with Crippen molar-refractivity contribution in [3.05, 3.63) is 51.5 Å². The Kier molecular flexibility index (Phi) is 7.87. The van der Waals surface area contributed by atoms with Crippen LogP contribution in [-0.2, 0) is 26.2 Å². The lowest BCUT2D eigenvalue weighted by molar-refractivity contribution is 0.395. The van der Waals surface area contributed by atoms with Crippen LogP contribution in [0.15, 0.2) is 24.3 Å². The molecule has 0 aliphatic carbocycles. The lowest BCUT2D eigenvalue weighted by Gasteiger charge is -2.31. The Bertz CT molecular complexity index is 1120. The van der Waals surface area contributed by atoms with E-state index in [9.17, 15) is 9.46 Å². The standard InChI is InChI=1S/C28H41Cl2O3P/c1-25(2,3)17-13-19(23(29)21(15-17)27(7,8)9)20-14-18(26(4,5)6)16-22(28(10,11)12)24(20)33-34(30,31)32/h13-16H,1-12H3,(H,31,32). The topological polar surface area (TPSA) is 46.5 Å². The molecule has 6 heteroatoms. The van der Waals surface area contributed by atoms with Crippen molar-refractivity contribution in [2.45, 2.75) is 105 Å². The molecule has 0 heterocycles. The first-order chi connectivity index (χ1) is 14.9. The summed E-state index contributed by atoms with van der Waals surface area (Å²) >= 11 is 12.9. The van der Waals surface area contributed by atoms with Crippen molar-refractivity contribution in [3.63, 3.8) is 0 Å². The van der Waals surface area contributed by atoms with Gasteiger partial charge in [-0.1, -0.05) is 107 Å². The van der Waals surface area contributed by atoms with Crippen LogP contribution in [0.4, 0.5) is 0 Å². The monoisotopic (exact) mass is 526 g/mol. The van der Waals surface area contributed by atoms with Crippen molar-refractivity contribution in [1.82, 2.24) is 0 Å². The SMILES string of the molecule is CC(C)(C)c1cc(-c2cc(C(C)(C)C)cc(C(C)(C)C)c2OP(=O)(O)Cl)c(Cl)c(C(C)(C)C)c1. The number of hydrogen-bond donors (Lipinski definition) is 1. The maximum Gasteiger partial charge on any atom is 0.474 e. The molecule has 1 N–H and O–H groups in total. The normalized spacial score (nSPS) is 15.3. The number of halogens is 2. The van der Waals surface area contributed by atoms with E-state index in [1.54, 1.807) is 0 Å². The lowest BCUT2D eigenvalue weighted by atomic mass is 9.76. The van der Waals surface area contributed by atoms with E-state index in [2.05, 4.69) is 101 Å². The largest absolute Gasteiger partial charge is 0.474 e. The van der Waals surface area contributed by atoms with E-state index < -0.39 is 6.95 Å². The van der Waals surface area contributed by atoms with Gasteiger partial charge in [0, 0.05) is 27.9 Å². The smallest absolute Gasteiger partial charge is 0.413 e. The summed E-state index contributed by atoms with van der Waals surface area (Å²) in [6, 6.07) is 8.33. The molecule has 0 saturated carbocycles. The molecule has 1 atom stereocenters. The lowest BCUT2D eigenvalue weighted by Crippen LogP contribution is -2.19. The van der Waals surface area contributed by atoms with Gasteiger partial charge >= 0.3 is 6.95 Å². The molecule has 3 nitrogen and oxygen atoms in total. The van der Waals surface area contributed by atoms with E-state index in [1.165, 1.54) is 0 Å². The fraction of sp³-hybridized carbons (Fsp3) is 0.571. The molecule has 0 spiro atoms. The van der Waals surface area contributed by atoms with Crippen molar-refractivity contribution >= 4 is 29.8 Å². The van der Waals surface area contributed by atoms with Gasteiger partial charge in [0.05, 0.1) is 5.02 Å². The number of rotatable bonds is 3. The zero-order chi connectivity index (χ0) is 26.7. The molecule has 34 heavy (non-hydrogen) atoms. The Balaban J connectivity index is 3.18. The van der Waals surface area contributed by atoms with Gasteiger partial charge in [0.25, 0.3) is 0 Å². The predicted molar refractivity (Wildman–Crippen MR) is 148 cm³/mol. The van der Waals surface area contributed by atoms with Gasteiger partial charge in [-0.2, -0.15) is 0 Å². The van der Waals surface area contributed by atoms with Crippen LogP contribution >= 0.6 is 29.8 Å². The summed E-state index contributed by atoms with van der Waals surface area (Å²) in [5.41, 5.74) is 4.59. The quantitative estimate of drug-likeness (QED) is 0.404. The Hall–Kier alpha value is -0.990. The highest BCUT2D eigenvalue weighted by molar-refractivity contribution is 7.80. The minimum absolute atomic E-state index is 0.131. The Morgan fingerprint density at radius 1 is 0.676 bits per heavy atom. The summed E-state index contributed by atoms with van der Waals surface area (Å²) in [5.74, 6) is 0.300. The van der Waals surface area contributed by atoms with Gasteiger partial charge in [0.1, 0.15) is 5.75 Å². The maximum atomic E-state index is 12.3. The summed E-state index contributed by atoms with van der Waals surface area (Å²) in [6.45, 7) is 21.1. The molecular weight excluding hydrogens is 486 g/mol. The summed E-state index contributed by atoms with van der Waals surface area (Å²) in [7, 11) is 0. The fourth-order valence-corrected chi connectivity index (χ4v) is 4.95. The van der Waals surface area contributed by atoms with Gasteiger partial charge < -0.3 is 9.42 Å². The van der Waals surface area contributed by atoms with Crippen molar-refractivity contribution in [3.8, 4) is 16.9 Å². The van der Waals surface area contributed by atoms with Crippen molar-refractivity contribution < 1.29 is 14.0 Å². The van der Waals surface area contributed by atoms with E-state index >= 15 is 0 Å². The van der Waals surface area contributed by atoms with E-state index in [-0.39, 0.29) is 21.7 Å². The highest BCUT2D eigenvalue weighted by Crippen LogP contribution is 2.55. The van der Waals surface area contributed by atoms with Crippen molar-refractivity contribution in [2.75, 3.05) is 0 Å². The molecule has 1 unspecified atom stereocenters. The highest BCUT2D eigenvalue weighted by Gasteiger charge is 2.32. The summed E-state index contributed by atoms with van der Waals surface area (Å²) in [4.78, 5) is 10.1. The Morgan fingerprint density at radius 3 is 1.41 bits per heavy atom. The van der Waals surface area contributed by atoms with Crippen LogP contribution in [-0.4, -0.2) is 4.89 Å². The zero-order valence-electron chi connectivity index (χ0n) is 22.8. The number of benzene rings is 2. The highest BCUT2D eigenvalue weighted by atomic mass is 35.7. The van der Waals surface area contributed by atoms with E-state index in [4.69, 9.17) is 27.4 Å². The average Bonchev–Trinajstić information content (AvgIpc) is 2.56. The van der Waals surface area contributed by atoms with Gasteiger partial charge in [-0.25, -0.2) is 4.57 Å². The molecule has 0 amide bonds. The third-order valence-electron chi connectivity index (χ3n) is 6.00. The van der Waals surface area contributed by atoms with Crippen LogP contribution in [0, 0.1) is 0 Å². The van der Waals surface area contributed by atoms with Crippen LogP contribution in [0.3, 0.4) is 0 Å². The van der Waals surface area contributed by atoms with Crippen LogP contribution in [0.2, 0.25) is 5.02 Å². The third-order valence-corrected chi connectivity index (χ3v) is 7.03. The summed E-state index contributed by atoms with van der Waals surface area (Å²) < 4.78 is 18.0. The molecular formula is C28H41Cl2O3P. The first kappa shape index (κ1) is 29.2. The van der Waals surface area contributed by atoms with Crippen LogP contribution in [0.25, 0.3) is 11.1 Å². The van der Waals surface area contributed by atoms with Gasteiger partial charge in [-0.05, 0) is 50.5 Å². The first-order valence-electron chi connectivity index (χ1n) is 11.7. The van der Waals surface area contributed by atoms with Crippen molar-refractivity contribution in [2.24, 2.45) is 0 Å². The first-order valence-corrected chi connectivity index (χ1v) is 14.5. The Morgan fingerprint density at radius 2 is 1.06 bits per heavy atom. The molecule has 2 rings (SSSR count). The summed E-state index contributed by atoms with van der Waals surface area (Å²) in [5, 5.41) is 0.610. The molecule has 0 fully saturated rings. The minimum Gasteiger partial charge on any atom is -0.413 e. The van der Waals surface area contributed by atoms with Crippen LogP contribution in [0.1, 0.15) is 105 Å². The van der Waals surface area contributed by atoms with Gasteiger partial charge in [0.2, 0.25) is 0 Å². The second-order valence-corrected chi connectivity index (χ2v) is 16.1. The van der Waals surface area contributed by atoms with Crippen LogP contribution in [0.5, 0.6) is 5.75 Å². The molecule has 2 aromatic carbocycles. The average molecular weight is 528 g/mol. The van der Waals surface area contributed by atoms with Gasteiger partial charge in [0.15, 0.2) is 0 Å². The molecule has 0 radical (unpaired) electrons. The predicted octanol–water partition coefficient (Wildman–Crippen LogP) is 9.91. The second kappa shape index (κ2) is 9.15. The molecule has 0 bridgehead atoms. The summed E-state index contributed by atoms with van der Waals surface area (Å²) in [6.07, 6.45) is 0. The minimum atomic E-state index is -4.36. The van der Waals surface area contributed by atoms with Gasteiger partial charge in [-0.15, -0.1) is 0 Å². The third kappa shape index (κ3) is 6.82. The number of hydrogen-bond acceptors (Lipinski definition) is 2. The van der Waals surface area contributed by atoms with E-state index in [0.717, 1.165) is 27.8 Å². The Labute approximate surface area is 216 Å². The zero-order valence-corrected chi connectivity index (χ0v) is 25.2. The van der Waals surface area contributed by atoms with Crippen LogP contribution < -0.4 is 4.52 Å². The van der Waals surface area contributed by atoms with Crippen molar-refractivity contribution in [1.29, 1.82) is 0 Å². The molecule has 190 valence electrons. The molecule has 0 saturated heterocycles. The maximum absolute atomic E-state index is 12.3. The molecule has 0 aliphatic heterocycles.